The van der Waals surface area contributed by atoms with Gasteiger partial charge in [-0.15, -0.1) is 0 Å². The summed E-state index contributed by atoms with van der Waals surface area (Å²) in [6, 6.07) is 3.13. The van der Waals surface area contributed by atoms with E-state index in [-0.39, 0.29) is 0 Å². The lowest BCUT2D eigenvalue weighted by Gasteiger charge is -2.12. The Morgan fingerprint density at radius 2 is 2.24 bits per heavy atom. The topological polar surface area (TPSA) is 81.1 Å². The van der Waals surface area contributed by atoms with E-state index in [1.807, 2.05) is 6.26 Å². The molecule has 0 saturated heterocycles. The Balaban J connectivity index is 2.85. The first kappa shape index (κ1) is 14.0. The van der Waals surface area contributed by atoms with Crippen molar-refractivity contribution in [1.82, 2.24) is 0 Å². The molecule has 94 valence electrons. The van der Waals surface area contributed by atoms with Crippen molar-refractivity contribution >= 4 is 40.6 Å². The first-order chi connectivity index (χ1) is 8.06. The van der Waals surface area contributed by atoms with Gasteiger partial charge in [-0.2, -0.15) is 11.8 Å². The van der Waals surface area contributed by atoms with Crippen LogP contribution in [0.1, 0.15) is 16.8 Å². The molecule has 0 heterocycles. The maximum atomic E-state index is 11.3. The van der Waals surface area contributed by atoms with Gasteiger partial charge in [0.05, 0.1) is 16.3 Å². The number of thioether (sulfide) groups is 1. The van der Waals surface area contributed by atoms with E-state index in [2.05, 4.69) is 5.32 Å². The van der Waals surface area contributed by atoms with Crippen LogP contribution < -0.4 is 16.8 Å². The lowest BCUT2D eigenvalue weighted by Crippen LogP contribution is -2.16. The Morgan fingerprint density at radius 3 is 2.82 bits per heavy atom. The second kappa shape index (κ2) is 6.61. The Labute approximate surface area is 110 Å². The van der Waals surface area contributed by atoms with Crippen LogP contribution in [0.4, 0.5) is 11.4 Å². The molecule has 0 radical (unpaired) electrons. The second-order valence-electron chi connectivity index (χ2n) is 3.56. The first-order valence-corrected chi connectivity index (χ1v) is 6.95. The van der Waals surface area contributed by atoms with E-state index < -0.39 is 5.91 Å². The van der Waals surface area contributed by atoms with Crippen LogP contribution in [0.3, 0.4) is 0 Å². The third-order valence-corrected chi connectivity index (χ3v) is 3.20. The summed E-state index contributed by atoms with van der Waals surface area (Å²) < 4.78 is 0. The number of hydrogen-bond donors (Lipinski definition) is 3. The minimum Gasteiger partial charge on any atom is -0.399 e. The number of benzene rings is 1. The fourth-order valence-corrected chi connectivity index (χ4v) is 2.16. The SMILES string of the molecule is CSCCCNc1c(Cl)cc(N)cc1C(N)=O. The number of nitrogen functional groups attached to an aromatic ring is 1. The van der Waals surface area contributed by atoms with E-state index in [4.69, 9.17) is 23.1 Å². The summed E-state index contributed by atoms with van der Waals surface area (Å²) >= 11 is 7.81. The van der Waals surface area contributed by atoms with E-state index in [0.29, 0.717) is 22.0 Å². The van der Waals surface area contributed by atoms with E-state index in [9.17, 15) is 4.79 Å². The molecule has 1 amide bonds. The molecule has 0 unspecified atom stereocenters. The zero-order chi connectivity index (χ0) is 12.8. The van der Waals surface area contributed by atoms with Gasteiger partial charge in [-0.1, -0.05) is 11.6 Å². The van der Waals surface area contributed by atoms with Crippen LogP contribution >= 0.6 is 23.4 Å². The smallest absolute Gasteiger partial charge is 0.250 e. The van der Waals surface area contributed by atoms with Gasteiger partial charge in [0, 0.05) is 12.2 Å². The van der Waals surface area contributed by atoms with Gasteiger partial charge in [-0.25, -0.2) is 0 Å². The fraction of sp³-hybridized carbons (Fsp3) is 0.364. The molecular weight excluding hydrogens is 258 g/mol. The average Bonchev–Trinajstić information content (AvgIpc) is 2.25. The van der Waals surface area contributed by atoms with Crippen molar-refractivity contribution in [3.63, 3.8) is 0 Å². The Morgan fingerprint density at radius 1 is 1.53 bits per heavy atom. The molecule has 0 spiro atoms. The number of nitrogens with one attached hydrogen (secondary N) is 1. The van der Waals surface area contributed by atoms with Crippen LogP contribution in [0, 0.1) is 0 Å². The van der Waals surface area contributed by atoms with Crippen molar-refractivity contribution < 1.29 is 4.79 Å². The van der Waals surface area contributed by atoms with Gasteiger partial charge in [0.2, 0.25) is 0 Å². The van der Waals surface area contributed by atoms with Gasteiger partial charge in [0.25, 0.3) is 5.91 Å². The van der Waals surface area contributed by atoms with Crippen LogP contribution in [0.25, 0.3) is 0 Å². The molecular formula is C11H16ClN3OS. The van der Waals surface area contributed by atoms with Gasteiger partial charge in [0.15, 0.2) is 0 Å². The fourth-order valence-electron chi connectivity index (χ4n) is 1.43. The maximum absolute atomic E-state index is 11.3. The number of halogens is 1. The van der Waals surface area contributed by atoms with Gasteiger partial charge in [-0.05, 0) is 30.6 Å². The predicted molar refractivity (Wildman–Crippen MR) is 75.9 cm³/mol. The molecule has 1 aromatic rings. The average molecular weight is 274 g/mol. The summed E-state index contributed by atoms with van der Waals surface area (Å²) in [5.74, 6) is 0.512. The number of hydrogen-bond acceptors (Lipinski definition) is 4. The summed E-state index contributed by atoms with van der Waals surface area (Å²) in [6.45, 7) is 0.741. The van der Waals surface area contributed by atoms with Crippen LogP contribution in [-0.2, 0) is 0 Å². The van der Waals surface area contributed by atoms with E-state index in [0.717, 1.165) is 18.7 Å². The van der Waals surface area contributed by atoms with E-state index in [1.54, 1.807) is 17.8 Å². The number of primary amides is 1. The number of nitrogens with two attached hydrogens (primary N) is 2. The van der Waals surface area contributed by atoms with Crippen LogP contribution in [0.2, 0.25) is 5.02 Å². The van der Waals surface area contributed by atoms with Gasteiger partial charge in [-0.3, -0.25) is 4.79 Å². The summed E-state index contributed by atoms with van der Waals surface area (Å²) in [6.07, 6.45) is 3.03. The highest BCUT2D eigenvalue weighted by Crippen LogP contribution is 2.28. The highest BCUT2D eigenvalue weighted by Gasteiger charge is 2.12. The molecule has 0 aliphatic rings. The quantitative estimate of drug-likeness (QED) is 0.548. The zero-order valence-electron chi connectivity index (χ0n) is 9.63. The molecule has 0 atom stereocenters. The minimum atomic E-state index is -0.536. The summed E-state index contributed by atoms with van der Waals surface area (Å²) in [7, 11) is 0. The number of carbonyl (C=O) groups is 1. The lowest BCUT2D eigenvalue weighted by molar-refractivity contribution is 0.100. The van der Waals surface area contributed by atoms with Crippen molar-refractivity contribution in [3.8, 4) is 0 Å². The molecule has 0 aliphatic carbocycles. The molecule has 6 heteroatoms. The molecule has 0 bridgehead atoms. The first-order valence-electron chi connectivity index (χ1n) is 5.18. The molecule has 1 aromatic carbocycles. The number of carbonyl (C=O) groups excluding carboxylic acids is 1. The van der Waals surface area contributed by atoms with Gasteiger partial charge >= 0.3 is 0 Å². The Bertz CT molecular complexity index is 412. The molecule has 0 aromatic heterocycles. The number of rotatable bonds is 6. The summed E-state index contributed by atoms with van der Waals surface area (Å²) in [4.78, 5) is 11.3. The van der Waals surface area contributed by atoms with E-state index in [1.165, 1.54) is 6.07 Å². The molecule has 0 saturated carbocycles. The monoisotopic (exact) mass is 273 g/mol. The second-order valence-corrected chi connectivity index (χ2v) is 4.96. The van der Waals surface area contributed by atoms with Crippen molar-refractivity contribution in [2.75, 3.05) is 29.6 Å². The van der Waals surface area contributed by atoms with Gasteiger partial charge < -0.3 is 16.8 Å². The molecule has 17 heavy (non-hydrogen) atoms. The van der Waals surface area contributed by atoms with Crippen molar-refractivity contribution in [2.45, 2.75) is 6.42 Å². The molecule has 1 rings (SSSR count). The zero-order valence-corrected chi connectivity index (χ0v) is 11.2. The maximum Gasteiger partial charge on any atom is 0.250 e. The number of amides is 1. The normalized spacial score (nSPS) is 10.2. The summed E-state index contributed by atoms with van der Waals surface area (Å²) in [5.41, 5.74) is 12.2. The molecule has 5 N–H and O–H groups in total. The predicted octanol–water partition coefficient (Wildman–Crippen LogP) is 2.19. The highest BCUT2D eigenvalue weighted by atomic mass is 35.5. The van der Waals surface area contributed by atoms with Gasteiger partial charge in [0.1, 0.15) is 0 Å². The van der Waals surface area contributed by atoms with Crippen LogP contribution in [-0.4, -0.2) is 24.5 Å². The van der Waals surface area contributed by atoms with E-state index >= 15 is 0 Å². The van der Waals surface area contributed by atoms with Crippen molar-refractivity contribution in [1.29, 1.82) is 0 Å². The minimum absolute atomic E-state index is 0.333. The molecule has 0 aliphatic heterocycles. The van der Waals surface area contributed by atoms with Crippen molar-refractivity contribution in [2.24, 2.45) is 5.73 Å². The third kappa shape index (κ3) is 4.02. The molecule has 4 nitrogen and oxygen atoms in total. The van der Waals surface area contributed by atoms with Crippen LogP contribution in [0.5, 0.6) is 0 Å². The standard InChI is InChI=1S/C11H16ClN3OS/c1-17-4-2-3-15-10-8(11(14)16)5-7(13)6-9(10)12/h5-6,15H,2-4,13H2,1H3,(H2,14,16). The highest BCUT2D eigenvalue weighted by molar-refractivity contribution is 7.98. The molecule has 0 fully saturated rings. The summed E-state index contributed by atoms with van der Waals surface area (Å²) in [5, 5.41) is 3.54. The van der Waals surface area contributed by atoms with Crippen LogP contribution in [0.15, 0.2) is 12.1 Å². The van der Waals surface area contributed by atoms with Crippen molar-refractivity contribution in [3.05, 3.63) is 22.7 Å². The lowest BCUT2D eigenvalue weighted by atomic mass is 10.1. The number of anilines is 2. The Hall–Kier alpha value is -1.07. The Kier molecular flexibility index (Phi) is 5.44. The largest absolute Gasteiger partial charge is 0.399 e. The third-order valence-electron chi connectivity index (χ3n) is 2.21.